The summed E-state index contributed by atoms with van der Waals surface area (Å²) in [7, 11) is -4.43. The molecule has 1 aliphatic rings. The number of hydrogen-bond donors (Lipinski definition) is 1. The molecule has 20 heavy (non-hydrogen) atoms. The molecule has 1 aliphatic heterocycles. The lowest BCUT2D eigenvalue weighted by Gasteiger charge is -2.25. The van der Waals surface area contributed by atoms with Gasteiger partial charge in [0.2, 0.25) is 10.0 Å². The first-order valence-corrected chi connectivity index (χ1v) is 9.13. The van der Waals surface area contributed by atoms with Gasteiger partial charge in [-0.05, 0) is 17.7 Å². The van der Waals surface area contributed by atoms with Crippen molar-refractivity contribution >= 4 is 26.8 Å². The number of aromatic carboxylic acids is 1. The Morgan fingerprint density at radius 3 is 2.55 bits per heavy atom. The molecule has 1 fully saturated rings. The van der Waals surface area contributed by atoms with E-state index in [1.807, 2.05) is 0 Å². The summed E-state index contributed by atoms with van der Waals surface area (Å²) in [5.41, 5.74) is 0.508. The average Bonchev–Trinajstić information content (AvgIpc) is 2.39. The smallest absolute Gasteiger partial charge is 0.335 e. The fraction of sp³-hybridized carbons (Fsp3) is 0.417. The first-order valence-electron chi connectivity index (χ1n) is 6.03. The quantitative estimate of drug-likeness (QED) is 0.861. The van der Waals surface area contributed by atoms with Crippen LogP contribution in [0.1, 0.15) is 15.9 Å². The molecule has 0 spiro atoms. The number of sulfonamides is 1. The Kier molecular flexibility index (Phi) is 4.56. The molecule has 1 saturated heterocycles. The van der Waals surface area contributed by atoms with E-state index in [0.717, 1.165) is 0 Å². The largest absolute Gasteiger partial charge is 0.478 e. The summed E-state index contributed by atoms with van der Waals surface area (Å²) in [5.74, 6) is -0.610. The molecule has 0 amide bonds. The van der Waals surface area contributed by atoms with Crippen LogP contribution in [0.5, 0.6) is 0 Å². The number of carboxylic acid groups (broad SMARTS) is 1. The van der Waals surface area contributed by atoms with Gasteiger partial charge in [0.15, 0.2) is 0 Å². The molecule has 2 rings (SSSR count). The molecule has 6 nitrogen and oxygen atoms in total. The molecule has 0 radical (unpaired) electrons. The van der Waals surface area contributed by atoms with Gasteiger partial charge in [-0.1, -0.05) is 12.1 Å². The van der Waals surface area contributed by atoms with Crippen LogP contribution < -0.4 is 0 Å². The molecular weight excluding hydrogens is 302 g/mol. The normalized spacial score (nSPS) is 18.0. The maximum absolute atomic E-state index is 12.2. The monoisotopic (exact) mass is 317 g/mol. The van der Waals surface area contributed by atoms with Gasteiger partial charge in [0, 0.05) is 35.4 Å². The topological polar surface area (TPSA) is 91.8 Å². The molecule has 0 aliphatic carbocycles. The maximum atomic E-state index is 12.2. The highest BCUT2D eigenvalue weighted by atomic mass is 32.2. The van der Waals surface area contributed by atoms with Crippen LogP contribution in [0.2, 0.25) is 0 Å². The van der Waals surface area contributed by atoms with Gasteiger partial charge < -0.3 is 5.11 Å². The van der Waals surface area contributed by atoms with Gasteiger partial charge in [-0.2, -0.15) is 4.31 Å². The van der Waals surface area contributed by atoms with E-state index in [9.17, 15) is 17.4 Å². The number of nitrogens with zero attached hydrogens (tertiary/aromatic N) is 1. The van der Waals surface area contributed by atoms with E-state index in [1.165, 1.54) is 22.5 Å². The molecule has 0 unspecified atom stereocenters. The van der Waals surface area contributed by atoms with Gasteiger partial charge in [-0.15, -0.1) is 0 Å². The molecule has 0 saturated carbocycles. The van der Waals surface area contributed by atoms with E-state index >= 15 is 0 Å². The standard InChI is InChI=1S/C12H15NO5S2/c14-12(15)11-3-1-2-10(8-11)9-20(17,18)13-4-6-19(16)7-5-13/h1-3,8H,4-7,9H2,(H,14,15). The van der Waals surface area contributed by atoms with Gasteiger partial charge in [0.1, 0.15) is 0 Å². The zero-order chi connectivity index (χ0) is 14.8. The van der Waals surface area contributed by atoms with Crippen molar-refractivity contribution < 1.29 is 22.5 Å². The SMILES string of the molecule is O=C(O)c1cccc(CS(=O)(=O)N2CCS(=O)CC2)c1. The predicted molar refractivity (Wildman–Crippen MR) is 75.5 cm³/mol. The third-order valence-corrected chi connectivity index (χ3v) is 6.18. The minimum atomic E-state index is -3.50. The fourth-order valence-electron chi connectivity index (χ4n) is 2.00. The lowest BCUT2D eigenvalue weighted by atomic mass is 10.1. The van der Waals surface area contributed by atoms with Crippen molar-refractivity contribution in [3.8, 4) is 0 Å². The molecule has 0 bridgehead atoms. The molecule has 1 aromatic carbocycles. The lowest BCUT2D eigenvalue weighted by Crippen LogP contribution is -2.42. The number of rotatable bonds is 4. The highest BCUT2D eigenvalue weighted by Gasteiger charge is 2.26. The van der Waals surface area contributed by atoms with Crippen molar-refractivity contribution in [3.63, 3.8) is 0 Å². The zero-order valence-corrected chi connectivity index (χ0v) is 12.3. The Balaban J connectivity index is 2.14. The maximum Gasteiger partial charge on any atom is 0.335 e. The summed E-state index contributed by atoms with van der Waals surface area (Å²) in [6, 6.07) is 5.90. The van der Waals surface area contributed by atoms with E-state index in [-0.39, 0.29) is 24.4 Å². The summed E-state index contributed by atoms with van der Waals surface area (Å²) in [5, 5.41) is 8.89. The van der Waals surface area contributed by atoms with Gasteiger partial charge in [-0.3, -0.25) is 4.21 Å². The van der Waals surface area contributed by atoms with E-state index in [1.54, 1.807) is 6.07 Å². The second-order valence-electron chi connectivity index (χ2n) is 4.51. The van der Waals surface area contributed by atoms with Crippen LogP contribution >= 0.6 is 0 Å². The number of benzene rings is 1. The van der Waals surface area contributed by atoms with Crippen LogP contribution in [0.25, 0.3) is 0 Å². The van der Waals surface area contributed by atoms with Crippen LogP contribution in [-0.2, 0) is 26.6 Å². The van der Waals surface area contributed by atoms with Crippen LogP contribution in [-0.4, -0.2) is 52.6 Å². The molecular formula is C12H15NO5S2. The number of carbonyl (C=O) groups is 1. The summed E-state index contributed by atoms with van der Waals surface area (Å²) in [4.78, 5) is 10.9. The second-order valence-corrected chi connectivity index (χ2v) is 8.17. The lowest BCUT2D eigenvalue weighted by molar-refractivity contribution is 0.0696. The summed E-state index contributed by atoms with van der Waals surface area (Å²) < 4.78 is 37.0. The van der Waals surface area contributed by atoms with E-state index in [4.69, 9.17) is 5.11 Å². The molecule has 1 heterocycles. The molecule has 8 heteroatoms. The van der Waals surface area contributed by atoms with Crippen LogP contribution in [0, 0.1) is 0 Å². The second kappa shape index (κ2) is 6.02. The first-order chi connectivity index (χ1) is 9.38. The number of carboxylic acids is 1. The summed E-state index contributed by atoms with van der Waals surface area (Å²) in [6.07, 6.45) is 0. The van der Waals surface area contributed by atoms with E-state index < -0.39 is 26.8 Å². The van der Waals surface area contributed by atoms with Crippen LogP contribution in [0.4, 0.5) is 0 Å². The van der Waals surface area contributed by atoms with Crippen LogP contribution in [0.3, 0.4) is 0 Å². The minimum Gasteiger partial charge on any atom is -0.478 e. The Hall–Kier alpha value is -1.25. The van der Waals surface area contributed by atoms with Crippen molar-refractivity contribution in [1.82, 2.24) is 4.31 Å². The molecule has 0 atom stereocenters. The first kappa shape index (κ1) is 15.1. The van der Waals surface area contributed by atoms with Crippen LogP contribution in [0.15, 0.2) is 24.3 Å². The Morgan fingerprint density at radius 1 is 1.30 bits per heavy atom. The van der Waals surface area contributed by atoms with Crippen molar-refractivity contribution in [2.24, 2.45) is 0 Å². The van der Waals surface area contributed by atoms with Crippen molar-refractivity contribution in [3.05, 3.63) is 35.4 Å². The zero-order valence-electron chi connectivity index (χ0n) is 10.7. The molecule has 1 aromatic rings. The van der Waals surface area contributed by atoms with Gasteiger partial charge in [-0.25, -0.2) is 13.2 Å². The molecule has 110 valence electrons. The van der Waals surface area contributed by atoms with Crippen molar-refractivity contribution in [1.29, 1.82) is 0 Å². The fourth-order valence-corrected chi connectivity index (χ4v) is 4.80. The van der Waals surface area contributed by atoms with E-state index in [0.29, 0.717) is 17.1 Å². The Bertz CT molecular complexity index is 631. The number of hydrogen-bond acceptors (Lipinski definition) is 4. The van der Waals surface area contributed by atoms with Crippen molar-refractivity contribution in [2.75, 3.05) is 24.6 Å². The minimum absolute atomic E-state index is 0.0671. The summed E-state index contributed by atoms with van der Waals surface area (Å²) >= 11 is 0. The Morgan fingerprint density at radius 2 is 1.95 bits per heavy atom. The third-order valence-electron chi connectivity index (χ3n) is 3.05. The van der Waals surface area contributed by atoms with Gasteiger partial charge in [0.25, 0.3) is 0 Å². The van der Waals surface area contributed by atoms with E-state index in [2.05, 4.69) is 0 Å². The van der Waals surface area contributed by atoms with Gasteiger partial charge in [0.05, 0.1) is 11.3 Å². The third kappa shape index (κ3) is 3.65. The molecule has 0 aromatic heterocycles. The molecule has 1 N–H and O–H groups in total. The van der Waals surface area contributed by atoms with Crippen molar-refractivity contribution in [2.45, 2.75) is 5.75 Å². The predicted octanol–water partition coefficient (Wildman–Crippen LogP) is 0.279. The average molecular weight is 317 g/mol. The Labute approximate surface area is 119 Å². The highest BCUT2D eigenvalue weighted by Crippen LogP contribution is 2.14. The van der Waals surface area contributed by atoms with Gasteiger partial charge >= 0.3 is 5.97 Å². The summed E-state index contributed by atoms with van der Waals surface area (Å²) in [6.45, 7) is 0.515. The highest BCUT2D eigenvalue weighted by molar-refractivity contribution is 7.88.